The van der Waals surface area contributed by atoms with Crippen molar-refractivity contribution in [3.8, 4) is 5.69 Å². The summed E-state index contributed by atoms with van der Waals surface area (Å²) in [6.07, 6.45) is 3.10. The monoisotopic (exact) mass is 355 g/mol. The summed E-state index contributed by atoms with van der Waals surface area (Å²) in [6.45, 7) is 5.68. The molecule has 0 fully saturated rings. The summed E-state index contributed by atoms with van der Waals surface area (Å²) < 4.78 is 14.9. The minimum absolute atomic E-state index is 0.168. The maximum Gasteiger partial charge on any atom is 0.254 e. The van der Waals surface area contributed by atoms with Crippen LogP contribution in [0.25, 0.3) is 5.69 Å². The van der Waals surface area contributed by atoms with Gasteiger partial charge in [0.1, 0.15) is 17.5 Å². The van der Waals surface area contributed by atoms with Crippen molar-refractivity contribution < 1.29 is 4.39 Å². The number of aromatic amines is 1. The number of halogens is 1. The Hall–Kier alpha value is -2.83. The van der Waals surface area contributed by atoms with Crippen LogP contribution in [-0.4, -0.2) is 24.7 Å². The van der Waals surface area contributed by atoms with Crippen molar-refractivity contribution in [2.45, 2.75) is 46.5 Å². The highest BCUT2D eigenvalue weighted by molar-refractivity contribution is 5.33. The van der Waals surface area contributed by atoms with E-state index in [9.17, 15) is 9.18 Å². The standard InChI is InChI=1S/C19H22FN5O/c1-4-5-6-17-23-18(11-16-12(2)21-13(3)22-19(16)26)25(24-17)15-9-7-14(20)8-10-15/h7-10H,4-6,11H2,1-3H3,(H,21,22,26). The van der Waals surface area contributed by atoms with Gasteiger partial charge in [0.05, 0.1) is 5.69 Å². The van der Waals surface area contributed by atoms with E-state index in [4.69, 9.17) is 0 Å². The molecular weight excluding hydrogens is 333 g/mol. The van der Waals surface area contributed by atoms with Crippen LogP contribution >= 0.6 is 0 Å². The molecule has 0 saturated heterocycles. The average molecular weight is 355 g/mol. The van der Waals surface area contributed by atoms with E-state index >= 15 is 0 Å². The van der Waals surface area contributed by atoms with Crippen molar-refractivity contribution in [2.75, 3.05) is 0 Å². The first-order chi connectivity index (χ1) is 12.5. The molecule has 2 heterocycles. The van der Waals surface area contributed by atoms with E-state index in [1.165, 1.54) is 12.1 Å². The lowest BCUT2D eigenvalue weighted by Crippen LogP contribution is -2.19. The zero-order valence-electron chi connectivity index (χ0n) is 15.2. The van der Waals surface area contributed by atoms with E-state index < -0.39 is 0 Å². The van der Waals surface area contributed by atoms with Crippen molar-refractivity contribution in [2.24, 2.45) is 0 Å². The van der Waals surface area contributed by atoms with Crippen molar-refractivity contribution >= 4 is 0 Å². The number of aryl methyl sites for hydroxylation is 3. The molecule has 0 spiro atoms. The number of rotatable bonds is 6. The van der Waals surface area contributed by atoms with Gasteiger partial charge in [0, 0.05) is 24.1 Å². The van der Waals surface area contributed by atoms with Crippen molar-refractivity contribution in [1.29, 1.82) is 0 Å². The minimum Gasteiger partial charge on any atom is -0.311 e. The molecule has 0 unspecified atom stereocenters. The molecule has 1 N–H and O–H groups in total. The number of hydrogen-bond acceptors (Lipinski definition) is 4. The Kier molecular flexibility index (Phi) is 5.25. The Morgan fingerprint density at radius 2 is 1.88 bits per heavy atom. The fourth-order valence-electron chi connectivity index (χ4n) is 2.85. The highest BCUT2D eigenvalue weighted by Gasteiger charge is 2.16. The molecule has 0 amide bonds. The van der Waals surface area contributed by atoms with Crippen LogP contribution in [0.5, 0.6) is 0 Å². The zero-order valence-corrected chi connectivity index (χ0v) is 15.2. The smallest absolute Gasteiger partial charge is 0.254 e. The van der Waals surface area contributed by atoms with Crippen LogP contribution in [0.4, 0.5) is 4.39 Å². The van der Waals surface area contributed by atoms with E-state index in [-0.39, 0.29) is 11.4 Å². The third-order valence-corrected chi connectivity index (χ3v) is 4.22. The Balaban J connectivity index is 2.03. The molecule has 0 bridgehead atoms. The SMILES string of the molecule is CCCCc1nc(Cc2c(C)nc(C)[nH]c2=O)n(-c2ccc(F)cc2)n1. The Bertz CT molecular complexity index is 959. The van der Waals surface area contributed by atoms with Gasteiger partial charge in [0.15, 0.2) is 5.82 Å². The third kappa shape index (κ3) is 3.87. The predicted molar refractivity (Wildman–Crippen MR) is 97.1 cm³/mol. The predicted octanol–water partition coefficient (Wildman–Crippen LogP) is 3.04. The van der Waals surface area contributed by atoms with Crippen molar-refractivity contribution in [3.05, 3.63) is 69.2 Å². The minimum atomic E-state index is -0.309. The van der Waals surface area contributed by atoms with Gasteiger partial charge >= 0.3 is 0 Å². The van der Waals surface area contributed by atoms with Gasteiger partial charge in [-0.1, -0.05) is 13.3 Å². The van der Waals surface area contributed by atoms with Gasteiger partial charge < -0.3 is 4.98 Å². The van der Waals surface area contributed by atoms with Crippen LogP contribution in [0.15, 0.2) is 29.1 Å². The fourth-order valence-corrected chi connectivity index (χ4v) is 2.85. The van der Waals surface area contributed by atoms with Gasteiger partial charge in [0.25, 0.3) is 5.56 Å². The van der Waals surface area contributed by atoms with E-state index in [1.807, 2.05) is 6.92 Å². The molecule has 6 nitrogen and oxygen atoms in total. The lowest BCUT2D eigenvalue weighted by Gasteiger charge is -2.07. The summed E-state index contributed by atoms with van der Waals surface area (Å²) in [4.78, 5) is 24.0. The molecular formula is C19H22FN5O. The topological polar surface area (TPSA) is 76.5 Å². The van der Waals surface area contributed by atoms with Gasteiger partial charge in [-0.05, 0) is 44.5 Å². The first kappa shape index (κ1) is 18.0. The number of H-pyrrole nitrogens is 1. The zero-order chi connectivity index (χ0) is 18.7. The Morgan fingerprint density at radius 3 is 2.54 bits per heavy atom. The molecule has 3 rings (SSSR count). The highest BCUT2D eigenvalue weighted by atomic mass is 19.1. The molecule has 0 aliphatic rings. The van der Waals surface area contributed by atoms with Crippen LogP contribution in [0, 0.1) is 19.7 Å². The van der Waals surface area contributed by atoms with Gasteiger partial charge in [-0.3, -0.25) is 4.79 Å². The summed E-state index contributed by atoms with van der Waals surface area (Å²) in [6, 6.07) is 6.08. The number of hydrogen-bond donors (Lipinski definition) is 1. The maximum absolute atomic E-state index is 13.3. The summed E-state index contributed by atoms with van der Waals surface area (Å²) in [5.41, 5.74) is 1.79. The summed E-state index contributed by atoms with van der Waals surface area (Å²) in [7, 11) is 0. The molecule has 0 saturated carbocycles. The van der Waals surface area contributed by atoms with E-state index in [1.54, 1.807) is 23.7 Å². The molecule has 2 aromatic heterocycles. The second-order valence-corrected chi connectivity index (χ2v) is 6.33. The maximum atomic E-state index is 13.3. The molecule has 0 aliphatic heterocycles. The molecule has 0 atom stereocenters. The molecule has 7 heteroatoms. The average Bonchev–Trinajstić information content (AvgIpc) is 3.00. The lowest BCUT2D eigenvalue weighted by atomic mass is 10.1. The molecule has 0 aliphatic carbocycles. The Labute approximate surface area is 151 Å². The number of nitrogens with one attached hydrogen (secondary N) is 1. The summed E-state index contributed by atoms with van der Waals surface area (Å²) in [5.74, 6) is 1.64. The van der Waals surface area contributed by atoms with Crippen LogP contribution < -0.4 is 5.56 Å². The second-order valence-electron chi connectivity index (χ2n) is 6.33. The highest BCUT2D eigenvalue weighted by Crippen LogP contribution is 2.15. The second kappa shape index (κ2) is 7.59. The molecule has 3 aromatic rings. The van der Waals surface area contributed by atoms with Crippen LogP contribution in [0.1, 0.15) is 48.5 Å². The van der Waals surface area contributed by atoms with E-state index in [0.29, 0.717) is 35.0 Å². The fraction of sp³-hybridized carbons (Fsp3) is 0.368. The molecule has 1 aromatic carbocycles. The third-order valence-electron chi connectivity index (χ3n) is 4.22. The molecule has 0 radical (unpaired) electrons. The first-order valence-corrected chi connectivity index (χ1v) is 8.75. The van der Waals surface area contributed by atoms with Crippen LogP contribution in [0.2, 0.25) is 0 Å². The quantitative estimate of drug-likeness (QED) is 0.737. The van der Waals surface area contributed by atoms with Gasteiger partial charge in [-0.25, -0.2) is 19.0 Å². The molecule has 136 valence electrons. The van der Waals surface area contributed by atoms with Crippen molar-refractivity contribution in [3.63, 3.8) is 0 Å². The normalized spacial score (nSPS) is 11.1. The largest absolute Gasteiger partial charge is 0.311 e. The summed E-state index contributed by atoms with van der Waals surface area (Å²) >= 11 is 0. The number of unbranched alkanes of at least 4 members (excludes halogenated alkanes) is 1. The van der Waals surface area contributed by atoms with Crippen molar-refractivity contribution in [1.82, 2.24) is 24.7 Å². The van der Waals surface area contributed by atoms with Gasteiger partial charge in [-0.2, -0.15) is 5.10 Å². The van der Waals surface area contributed by atoms with Gasteiger partial charge in [-0.15, -0.1) is 0 Å². The summed E-state index contributed by atoms with van der Waals surface area (Å²) in [5, 5.41) is 4.57. The number of aromatic nitrogens is 5. The van der Waals surface area contributed by atoms with Crippen LogP contribution in [0.3, 0.4) is 0 Å². The Morgan fingerprint density at radius 1 is 1.15 bits per heavy atom. The molecule has 26 heavy (non-hydrogen) atoms. The number of nitrogens with zero attached hydrogens (tertiary/aromatic N) is 4. The van der Waals surface area contributed by atoms with E-state index in [2.05, 4.69) is 27.0 Å². The van der Waals surface area contributed by atoms with Gasteiger partial charge in [0.2, 0.25) is 0 Å². The lowest BCUT2D eigenvalue weighted by molar-refractivity contribution is 0.626. The first-order valence-electron chi connectivity index (χ1n) is 8.75. The number of benzene rings is 1. The van der Waals surface area contributed by atoms with E-state index in [0.717, 1.165) is 25.1 Å². The van der Waals surface area contributed by atoms with Crippen LogP contribution in [-0.2, 0) is 12.8 Å².